The molecule has 2 heterocycles. The van der Waals surface area contributed by atoms with Crippen LogP contribution in [0, 0.1) is 6.92 Å². The number of hydrogen-bond acceptors (Lipinski definition) is 6. The molecule has 0 aliphatic carbocycles. The van der Waals surface area contributed by atoms with E-state index < -0.39 is 0 Å². The Morgan fingerprint density at radius 2 is 2.19 bits per heavy atom. The molecule has 0 spiro atoms. The fourth-order valence-electron chi connectivity index (χ4n) is 2.58. The third-order valence-electron chi connectivity index (χ3n) is 3.82. The van der Waals surface area contributed by atoms with E-state index in [2.05, 4.69) is 15.5 Å². The minimum Gasteiger partial charge on any atom is -0.496 e. The molecule has 0 saturated carbocycles. The van der Waals surface area contributed by atoms with E-state index in [9.17, 15) is 0 Å². The van der Waals surface area contributed by atoms with Gasteiger partial charge in [0.1, 0.15) is 5.75 Å². The molecule has 0 bridgehead atoms. The lowest BCUT2D eigenvalue weighted by molar-refractivity contribution is 0.116. The summed E-state index contributed by atoms with van der Waals surface area (Å²) < 4.78 is 16.0. The molecule has 1 aromatic heterocycles. The maximum absolute atomic E-state index is 5.38. The van der Waals surface area contributed by atoms with Crippen molar-refractivity contribution in [1.82, 2.24) is 15.5 Å². The van der Waals surface area contributed by atoms with Crippen molar-refractivity contribution < 1.29 is 14.0 Å². The summed E-state index contributed by atoms with van der Waals surface area (Å²) in [7, 11) is 3.38. The van der Waals surface area contributed by atoms with Gasteiger partial charge in [-0.3, -0.25) is 0 Å². The van der Waals surface area contributed by atoms with E-state index >= 15 is 0 Å². The van der Waals surface area contributed by atoms with Gasteiger partial charge < -0.3 is 19.3 Å². The Bertz CT molecular complexity index is 626. The summed E-state index contributed by atoms with van der Waals surface area (Å²) in [4.78, 5) is 4.49. The van der Waals surface area contributed by atoms with Gasteiger partial charge in [-0.25, -0.2) is 0 Å². The van der Waals surface area contributed by atoms with Crippen LogP contribution in [0.25, 0.3) is 11.4 Å². The Morgan fingerprint density at radius 3 is 2.86 bits per heavy atom. The third kappa shape index (κ3) is 2.77. The molecule has 0 radical (unpaired) electrons. The van der Waals surface area contributed by atoms with E-state index in [1.54, 1.807) is 14.2 Å². The SMILES string of the molecule is COc1ccc(-c2noc([C@H]3C[C@H](OC)CN3)n2)cc1C. The second kappa shape index (κ2) is 5.83. The summed E-state index contributed by atoms with van der Waals surface area (Å²) in [6.45, 7) is 2.80. The molecule has 1 aliphatic rings. The quantitative estimate of drug-likeness (QED) is 0.929. The van der Waals surface area contributed by atoms with Crippen molar-refractivity contribution in [2.75, 3.05) is 20.8 Å². The summed E-state index contributed by atoms with van der Waals surface area (Å²) in [5, 5.41) is 7.40. The summed E-state index contributed by atoms with van der Waals surface area (Å²) >= 11 is 0. The average molecular weight is 289 g/mol. The van der Waals surface area contributed by atoms with Crippen LogP contribution in [0.3, 0.4) is 0 Å². The van der Waals surface area contributed by atoms with Crippen LogP contribution in [0.4, 0.5) is 0 Å². The fourth-order valence-corrected chi connectivity index (χ4v) is 2.58. The monoisotopic (exact) mass is 289 g/mol. The number of nitrogens with one attached hydrogen (secondary N) is 1. The van der Waals surface area contributed by atoms with Crippen molar-refractivity contribution in [3.8, 4) is 17.1 Å². The molecule has 1 fully saturated rings. The van der Waals surface area contributed by atoms with Crippen LogP contribution in [0.2, 0.25) is 0 Å². The summed E-state index contributed by atoms with van der Waals surface area (Å²) in [5.74, 6) is 2.05. The van der Waals surface area contributed by atoms with Gasteiger partial charge in [-0.15, -0.1) is 0 Å². The van der Waals surface area contributed by atoms with Gasteiger partial charge in [0, 0.05) is 19.2 Å². The Balaban J connectivity index is 1.80. The van der Waals surface area contributed by atoms with Crippen molar-refractivity contribution in [3.63, 3.8) is 0 Å². The van der Waals surface area contributed by atoms with E-state index in [-0.39, 0.29) is 12.1 Å². The Kier molecular flexibility index (Phi) is 3.90. The molecule has 0 amide bonds. The Morgan fingerprint density at radius 1 is 1.33 bits per heavy atom. The van der Waals surface area contributed by atoms with Crippen molar-refractivity contribution in [1.29, 1.82) is 0 Å². The molecule has 21 heavy (non-hydrogen) atoms. The van der Waals surface area contributed by atoms with Crippen molar-refractivity contribution in [3.05, 3.63) is 29.7 Å². The number of aryl methyl sites for hydroxylation is 1. The molecule has 1 aliphatic heterocycles. The van der Waals surface area contributed by atoms with Gasteiger partial charge in [0.15, 0.2) is 0 Å². The largest absolute Gasteiger partial charge is 0.496 e. The lowest BCUT2D eigenvalue weighted by Gasteiger charge is -2.05. The predicted octanol–water partition coefficient (Wildman–Crippen LogP) is 2.10. The second-order valence-electron chi connectivity index (χ2n) is 5.19. The van der Waals surface area contributed by atoms with Crippen LogP contribution >= 0.6 is 0 Å². The molecule has 2 aromatic rings. The van der Waals surface area contributed by atoms with Gasteiger partial charge in [-0.05, 0) is 37.1 Å². The van der Waals surface area contributed by atoms with Gasteiger partial charge in [-0.2, -0.15) is 4.98 Å². The lowest BCUT2D eigenvalue weighted by atomic mass is 10.1. The number of aromatic nitrogens is 2. The smallest absolute Gasteiger partial charge is 0.244 e. The standard InChI is InChI=1S/C15H19N3O3/c1-9-6-10(4-5-13(9)20-3)14-17-15(21-18-14)12-7-11(19-2)8-16-12/h4-6,11-12,16H,7-8H2,1-3H3/t11-,12+/m0/s1. The summed E-state index contributed by atoms with van der Waals surface area (Å²) in [5.41, 5.74) is 1.96. The van der Waals surface area contributed by atoms with Crippen molar-refractivity contribution in [2.24, 2.45) is 0 Å². The number of methoxy groups -OCH3 is 2. The van der Waals surface area contributed by atoms with Crippen LogP contribution in [0.5, 0.6) is 5.75 Å². The lowest BCUT2D eigenvalue weighted by Crippen LogP contribution is -2.16. The van der Waals surface area contributed by atoms with Crippen molar-refractivity contribution >= 4 is 0 Å². The Labute approximate surface area is 123 Å². The zero-order valence-electron chi connectivity index (χ0n) is 12.4. The third-order valence-corrected chi connectivity index (χ3v) is 3.82. The number of rotatable bonds is 4. The fraction of sp³-hybridized carbons (Fsp3) is 0.467. The van der Waals surface area contributed by atoms with E-state index in [0.717, 1.165) is 29.8 Å². The first-order chi connectivity index (χ1) is 10.2. The van der Waals surface area contributed by atoms with E-state index in [1.165, 1.54) is 0 Å². The zero-order chi connectivity index (χ0) is 14.8. The highest BCUT2D eigenvalue weighted by Gasteiger charge is 2.29. The van der Waals surface area contributed by atoms with Gasteiger partial charge >= 0.3 is 0 Å². The minimum atomic E-state index is 0.0653. The molecule has 1 aromatic carbocycles. The number of benzene rings is 1. The molecule has 6 nitrogen and oxygen atoms in total. The number of hydrogen-bond donors (Lipinski definition) is 1. The van der Waals surface area contributed by atoms with Crippen LogP contribution in [0.1, 0.15) is 23.9 Å². The molecule has 112 valence electrons. The van der Waals surface area contributed by atoms with Crippen LogP contribution in [-0.2, 0) is 4.74 Å². The normalized spacial score (nSPS) is 21.7. The summed E-state index contributed by atoms with van der Waals surface area (Å²) in [6, 6.07) is 5.90. The van der Waals surface area contributed by atoms with E-state index in [4.69, 9.17) is 14.0 Å². The zero-order valence-corrected chi connectivity index (χ0v) is 12.4. The Hall–Kier alpha value is -1.92. The van der Waals surface area contributed by atoms with Crippen LogP contribution in [-0.4, -0.2) is 37.0 Å². The van der Waals surface area contributed by atoms with Gasteiger partial charge in [0.05, 0.1) is 19.3 Å². The molecule has 1 saturated heterocycles. The summed E-state index contributed by atoms with van der Waals surface area (Å²) in [6.07, 6.45) is 1.05. The molecular formula is C15H19N3O3. The highest BCUT2D eigenvalue weighted by atomic mass is 16.5. The molecule has 0 unspecified atom stereocenters. The molecule has 2 atom stereocenters. The number of ether oxygens (including phenoxy) is 2. The maximum atomic E-state index is 5.38. The van der Waals surface area contributed by atoms with E-state index in [1.807, 2.05) is 25.1 Å². The second-order valence-corrected chi connectivity index (χ2v) is 5.19. The van der Waals surface area contributed by atoms with Gasteiger partial charge in [0.25, 0.3) is 0 Å². The first-order valence-electron chi connectivity index (χ1n) is 6.96. The highest BCUT2D eigenvalue weighted by Crippen LogP contribution is 2.27. The first-order valence-corrected chi connectivity index (χ1v) is 6.96. The molecule has 3 rings (SSSR count). The first kappa shape index (κ1) is 14.0. The van der Waals surface area contributed by atoms with E-state index in [0.29, 0.717) is 11.7 Å². The van der Waals surface area contributed by atoms with Crippen molar-refractivity contribution in [2.45, 2.75) is 25.5 Å². The molecular weight excluding hydrogens is 270 g/mol. The van der Waals surface area contributed by atoms with Crippen LogP contribution in [0.15, 0.2) is 22.7 Å². The van der Waals surface area contributed by atoms with Gasteiger partial charge in [-0.1, -0.05) is 5.16 Å². The average Bonchev–Trinajstić information content (AvgIpc) is 3.15. The van der Waals surface area contributed by atoms with Gasteiger partial charge in [0.2, 0.25) is 11.7 Å². The minimum absolute atomic E-state index is 0.0653. The topological polar surface area (TPSA) is 69.4 Å². The maximum Gasteiger partial charge on any atom is 0.244 e. The molecule has 6 heteroatoms. The highest BCUT2D eigenvalue weighted by molar-refractivity contribution is 5.58. The predicted molar refractivity (Wildman–Crippen MR) is 77.2 cm³/mol. The molecule has 1 N–H and O–H groups in total. The van der Waals surface area contributed by atoms with Crippen LogP contribution < -0.4 is 10.1 Å². The number of nitrogens with zero attached hydrogens (tertiary/aromatic N) is 2.